The molecule has 0 atom stereocenters. The number of amides is 2. The van der Waals surface area contributed by atoms with Gasteiger partial charge in [-0.3, -0.25) is 5.21 Å². The average Bonchev–Trinajstić information content (AvgIpc) is 2.26. The summed E-state index contributed by atoms with van der Waals surface area (Å²) in [4.78, 5) is 11.0. The first kappa shape index (κ1) is 12.3. The van der Waals surface area contributed by atoms with Crippen LogP contribution in [0.25, 0.3) is 0 Å². The summed E-state index contributed by atoms with van der Waals surface area (Å²) in [6, 6.07) is 2.89. The number of nitrogens with zero attached hydrogens (tertiary/aromatic N) is 1. The van der Waals surface area contributed by atoms with Crippen LogP contribution in [-0.4, -0.2) is 18.3 Å². The summed E-state index contributed by atoms with van der Waals surface area (Å²) in [7, 11) is 1.25. The second-order valence-electron chi connectivity index (χ2n) is 2.92. The van der Waals surface area contributed by atoms with Gasteiger partial charge in [0.1, 0.15) is 0 Å². The highest BCUT2D eigenvalue weighted by Crippen LogP contribution is 2.31. The highest BCUT2D eigenvalue weighted by atomic mass is 19.4. The first-order valence-corrected chi connectivity index (χ1v) is 4.24. The van der Waals surface area contributed by atoms with E-state index in [1.54, 1.807) is 0 Å². The summed E-state index contributed by atoms with van der Waals surface area (Å²) in [6.45, 7) is 0. The van der Waals surface area contributed by atoms with Gasteiger partial charge in [0.2, 0.25) is 0 Å². The van der Waals surface area contributed by atoms with Crippen LogP contribution < -0.4 is 10.4 Å². The molecule has 7 heteroatoms. The molecule has 0 unspecified atom stereocenters. The summed E-state index contributed by atoms with van der Waals surface area (Å²) in [5, 5.41) is 11.4. The van der Waals surface area contributed by atoms with Gasteiger partial charge >= 0.3 is 12.2 Å². The Bertz CT molecular complexity index is 393. The Balaban J connectivity index is 3.04. The highest BCUT2D eigenvalue weighted by Gasteiger charge is 2.31. The van der Waals surface area contributed by atoms with Crippen LogP contribution in [0.5, 0.6) is 0 Å². The Morgan fingerprint density at radius 1 is 1.44 bits per heavy atom. The number of benzene rings is 1. The van der Waals surface area contributed by atoms with Gasteiger partial charge < -0.3 is 5.32 Å². The maximum Gasteiger partial charge on any atom is 0.416 e. The Morgan fingerprint density at radius 2 is 2.06 bits per heavy atom. The predicted molar refractivity (Wildman–Crippen MR) is 50.2 cm³/mol. The molecule has 0 aliphatic rings. The van der Waals surface area contributed by atoms with Gasteiger partial charge in [-0.2, -0.15) is 18.2 Å². The van der Waals surface area contributed by atoms with Crippen molar-refractivity contribution in [3.63, 3.8) is 0 Å². The largest absolute Gasteiger partial charge is 0.416 e. The minimum Gasteiger partial charge on any atom is -0.339 e. The van der Waals surface area contributed by atoms with E-state index in [4.69, 9.17) is 0 Å². The zero-order valence-electron chi connectivity index (χ0n) is 8.25. The van der Waals surface area contributed by atoms with E-state index in [9.17, 15) is 23.2 Å². The van der Waals surface area contributed by atoms with Crippen LogP contribution in [0.15, 0.2) is 24.3 Å². The first-order valence-electron chi connectivity index (χ1n) is 4.24. The number of urea groups is 1. The average molecular weight is 234 g/mol. The lowest BCUT2D eigenvalue weighted by Gasteiger charge is -2.15. The molecule has 0 radical (unpaired) electrons. The fourth-order valence-corrected chi connectivity index (χ4v) is 1.04. The smallest absolute Gasteiger partial charge is 0.339 e. The molecule has 1 rings (SSSR count). The Hall–Kier alpha value is -1.76. The number of nitrogens with one attached hydrogen (secondary N) is 1. The lowest BCUT2D eigenvalue weighted by molar-refractivity contribution is -0.137. The van der Waals surface area contributed by atoms with E-state index < -0.39 is 17.8 Å². The van der Waals surface area contributed by atoms with Gasteiger partial charge in [-0.1, -0.05) is 6.07 Å². The van der Waals surface area contributed by atoms with Gasteiger partial charge in [0, 0.05) is 7.05 Å². The normalized spacial score (nSPS) is 11.1. The minimum absolute atomic E-state index is 0.106. The number of hydroxylamine groups is 1. The number of halogens is 3. The van der Waals surface area contributed by atoms with Gasteiger partial charge in [0.05, 0.1) is 11.3 Å². The van der Waals surface area contributed by atoms with Crippen LogP contribution in [-0.2, 0) is 6.18 Å². The van der Waals surface area contributed by atoms with Crippen LogP contribution in [0.3, 0.4) is 0 Å². The Kier molecular flexibility index (Phi) is 3.38. The molecular formula is C9H9F3N2O2. The fourth-order valence-electron chi connectivity index (χ4n) is 1.04. The first-order chi connectivity index (χ1) is 7.36. The molecule has 0 aliphatic carbocycles. The molecule has 0 bridgehead atoms. The van der Waals surface area contributed by atoms with Crippen LogP contribution in [0.4, 0.5) is 23.7 Å². The maximum atomic E-state index is 12.3. The second kappa shape index (κ2) is 4.40. The van der Waals surface area contributed by atoms with E-state index >= 15 is 0 Å². The Labute approximate surface area is 89.2 Å². The molecule has 0 aliphatic heterocycles. The number of carbonyl (C=O) groups is 1. The molecule has 1 aromatic carbocycles. The van der Waals surface area contributed by atoms with E-state index in [2.05, 4.69) is 5.32 Å². The van der Waals surface area contributed by atoms with Crippen molar-refractivity contribution < 1.29 is 23.2 Å². The van der Waals surface area contributed by atoms with Crippen molar-refractivity contribution in [2.75, 3.05) is 12.1 Å². The number of hydrogen-bond acceptors (Lipinski definition) is 2. The molecular weight excluding hydrogens is 225 g/mol. The number of alkyl halides is 3. The van der Waals surface area contributed by atoms with Gasteiger partial charge in [0.15, 0.2) is 0 Å². The van der Waals surface area contributed by atoms with Crippen molar-refractivity contribution >= 4 is 11.7 Å². The summed E-state index contributed by atoms with van der Waals surface area (Å²) in [5.74, 6) is 0. The van der Waals surface area contributed by atoms with Crippen molar-refractivity contribution in [2.45, 2.75) is 6.18 Å². The number of rotatable bonds is 1. The second-order valence-corrected chi connectivity index (χ2v) is 2.92. The standard InChI is InChI=1S/C9H9F3N2O2/c1-13-8(15)14(16)7-4-2-3-6(5-7)9(10,11)12/h2-5,16H,1H3,(H,13,15). The van der Waals surface area contributed by atoms with Crippen molar-refractivity contribution in [3.8, 4) is 0 Å². The molecule has 0 aromatic heterocycles. The van der Waals surface area contributed by atoms with E-state index in [0.29, 0.717) is 6.07 Å². The SMILES string of the molecule is CNC(=O)N(O)c1cccc(C(F)(F)F)c1. The van der Waals surface area contributed by atoms with Crippen LogP contribution in [0, 0.1) is 0 Å². The van der Waals surface area contributed by atoms with Gasteiger partial charge in [-0.15, -0.1) is 0 Å². The minimum atomic E-state index is -4.51. The van der Waals surface area contributed by atoms with Gasteiger partial charge in [-0.05, 0) is 18.2 Å². The third-order valence-corrected chi connectivity index (χ3v) is 1.82. The molecule has 16 heavy (non-hydrogen) atoms. The molecule has 0 fully saturated rings. The van der Waals surface area contributed by atoms with Crippen LogP contribution in [0.2, 0.25) is 0 Å². The van der Waals surface area contributed by atoms with Crippen LogP contribution >= 0.6 is 0 Å². The molecule has 2 N–H and O–H groups in total. The van der Waals surface area contributed by atoms with E-state index in [0.717, 1.165) is 12.1 Å². The summed E-state index contributed by atoms with van der Waals surface area (Å²) >= 11 is 0. The number of hydrogen-bond donors (Lipinski definition) is 2. The Morgan fingerprint density at radius 3 is 2.56 bits per heavy atom. The predicted octanol–water partition coefficient (Wildman–Crippen LogP) is 2.24. The third kappa shape index (κ3) is 2.63. The molecule has 4 nitrogen and oxygen atoms in total. The van der Waals surface area contributed by atoms with Crippen molar-refractivity contribution in [1.82, 2.24) is 5.32 Å². The summed E-state index contributed by atoms with van der Waals surface area (Å²) < 4.78 is 36.9. The van der Waals surface area contributed by atoms with E-state index in [-0.39, 0.29) is 10.8 Å². The van der Waals surface area contributed by atoms with Crippen molar-refractivity contribution in [3.05, 3.63) is 29.8 Å². The van der Waals surface area contributed by atoms with Crippen molar-refractivity contribution in [2.24, 2.45) is 0 Å². The number of anilines is 1. The monoisotopic (exact) mass is 234 g/mol. The molecule has 88 valence electrons. The summed E-state index contributed by atoms with van der Waals surface area (Å²) in [6.07, 6.45) is -4.51. The molecule has 0 saturated carbocycles. The van der Waals surface area contributed by atoms with Gasteiger partial charge in [-0.25, -0.2) is 4.79 Å². The molecule has 0 spiro atoms. The zero-order chi connectivity index (χ0) is 12.3. The molecule has 0 saturated heterocycles. The lowest BCUT2D eigenvalue weighted by Crippen LogP contribution is -2.35. The summed E-state index contributed by atoms with van der Waals surface area (Å²) in [5.41, 5.74) is -1.19. The van der Waals surface area contributed by atoms with Crippen LogP contribution in [0.1, 0.15) is 5.56 Å². The van der Waals surface area contributed by atoms with Gasteiger partial charge in [0.25, 0.3) is 0 Å². The lowest BCUT2D eigenvalue weighted by atomic mass is 10.2. The fraction of sp³-hybridized carbons (Fsp3) is 0.222. The third-order valence-electron chi connectivity index (χ3n) is 1.82. The van der Waals surface area contributed by atoms with E-state index in [1.165, 1.54) is 13.1 Å². The maximum absolute atomic E-state index is 12.3. The molecule has 2 amide bonds. The quantitative estimate of drug-likeness (QED) is 0.578. The highest BCUT2D eigenvalue weighted by molar-refractivity contribution is 5.89. The number of carbonyl (C=O) groups excluding carboxylic acids is 1. The zero-order valence-corrected chi connectivity index (χ0v) is 8.25. The topological polar surface area (TPSA) is 52.6 Å². The molecule has 0 heterocycles. The molecule has 1 aromatic rings. The van der Waals surface area contributed by atoms with E-state index in [1.807, 2.05) is 0 Å². The van der Waals surface area contributed by atoms with Crippen molar-refractivity contribution in [1.29, 1.82) is 0 Å².